The molecule has 2 heterocycles. The van der Waals surface area contributed by atoms with Crippen molar-refractivity contribution in [2.75, 3.05) is 31.1 Å². The summed E-state index contributed by atoms with van der Waals surface area (Å²) in [6.07, 6.45) is 0.753. The Kier molecular flexibility index (Phi) is 5.08. The van der Waals surface area contributed by atoms with Gasteiger partial charge in [0.1, 0.15) is 17.3 Å². The predicted octanol–water partition coefficient (Wildman–Crippen LogP) is 1.86. The number of anilines is 1. The molecule has 5 nitrogen and oxygen atoms in total. The van der Waals surface area contributed by atoms with Gasteiger partial charge in [0, 0.05) is 37.8 Å². The van der Waals surface area contributed by atoms with Gasteiger partial charge in [0.25, 0.3) is 7.41 Å². The second-order valence-electron chi connectivity index (χ2n) is 5.91. The highest BCUT2D eigenvalue weighted by molar-refractivity contribution is 6.64. The van der Waals surface area contributed by atoms with Crippen LogP contribution in [0, 0.1) is 6.92 Å². The van der Waals surface area contributed by atoms with Gasteiger partial charge < -0.3 is 14.5 Å². The number of piperazine rings is 1. The molecule has 2 aromatic rings. The third-order valence-electron chi connectivity index (χ3n) is 4.19. The topological polar surface area (TPSA) is 49.3 Å². The Hall–Kier alpha value is -2.35. The lowest BCUT2D eigenvalue weighted by molar-refractivity contribution is 0.0377. The first-order valence-corrected chi connectivity index (χ1v) is 8.08. The number of aromatic nitrogens is 2. The van der Waals surface area contributed by atoms with Gasteiger partial charge in [-0.05, 0) is 6.92 Å². The number of aryl methyl sites for hydroxylation is 1. The maximum Gasteiger partial charge on any atom is 0.315 e. The molecule has 1 radical (unpaired) electrons. The van der Waals surface area contributed by atoms with E-state index in [1.54, 1.807) is 25.1 Å². The van der Waals surface area contributed by atoms with Crippen LogP contribution in [0.15, 0.2) is 36.4 Å². The first-order valence-electron chi connectivity index (χ1n) is 8.08. The Labute approximate surface area is 145 Å². The number of alkyl halides is 2. The van der Waals surface area contributed by atoms with E-state index in [4.69, 9.17) is 0 Å². The summed E-state index contributed by atoms with van der Waals surface area (Å²) in [6, 6.07) is 9.02. The number of hydrogen-bond acceptors (Lipinski definition) is 5. The van der Waals surface area contributed by atoms with Crippen LogP contribution in [0.3, 0.4) is 0 Å². The van der Waals surface area contributed by atoms with Gasteiger partial charge in [0.15, 0.2) is 0 Å². The van der Waals surface area contributed by atoms with Gasteiger partial charge in [-0.1, -0.05) is 30.3 Å². The summed E-state index contributed by atoms with van der Waals surface area (Å²) in [6.45, 7) is 4.12. The van der Waals surface area contributed by atoms with Crippen LogP contribution in [0.4, 0.5) is 14.6 Å². The molecule has 0 unspecified atom stereocenters. The monoisotopic (exact) mass is 343 g/mol. The molecule has 8 heteroatoms. The number of nitrogens with zero attached hydrogens (tertiary/aromatic N) is 4. The highest BCUT2D eigenvalue weighted by Crippen LogP contribution is 2.35. The van der Waals surface area contributed by atoms with E-state index in [0.29, 0.717) is 37.8 Å². The summed E-state index contributed by atoms with van der Waals surface area (Å²) in [4.78, 5) is 22.7. The molecule has 25 heavy (non-hydrogen) atoms. The van der Waals surface area contributed by atoms with Crippen molar-refractivity contribution in [1.82, 2.24) is 14.8 Å². The minimum absolute atomic E-state index is 0.0931. The van der Waals surface area contributed by atoms with Crippen molar-refractivity contribution in [3.05, 3.63) is 53.5 Å². The lowest BCUT2D eigenvalue weighted by atomic mass is 9.93. The summed E-state index contributed by atoms with van der Waals surface area (Å²) in [7, 11) is 1.50. The van der Waals surface area contributed by atoms with Gasteiger partial charge in [-0.2, -0.15) is 8.78 Å². The van der Waals surface area contributed by atoms with Crippen LogP contribution in [0.25, 0.3) is 0 Å². The van der Waals surface area contributed by atoms with E-state index in [-0.39, 0.29) is 11.3 Å². The normalized spacial score (nSPS) is 15.9. The zero-order chi connectivity index (χ0) is 17.9. The third kappa shape index (κ3) is 3.84. The van der Waals surface area contributed by atoms with Gasteiger partial charge >= 0.3 is 5.92 Å². The molecule has 1 aromatic carbocycles. The molecule has 0 saturated carbocycles. The first kappa shape index (κ1) is 17.5. The van der Waals surface area contributed by atoms with E-state index < -0.39 is 5.92 Å². The lowest BCUT2D eigenvalue weighted by Gasteiger charge is -2.34. The molecule has 3 rings (SSSR count). The van der Waals surface area contributed by atoms with Crippen LogP contribution < -0.4 is 4.90 Å². The second-order valence-corrected chi connectivity index (χ2v) is 5.91. The maximum atomic E-state index is 14.8. The minimum atomic E-state index is -3.18. The molecule has 0 amide bonds. The molecule has 129 valence electrons. The van der Waals surface area contributed by atoms with Crippen LogP contribution in [0.5, 0.6) is 0 Å². The number of carbonyl (C=O) groups is 1. The van der Waals surface area contributed by atoms with Crippen molar-refractivity contribution >= 4 is 19.4 Å². The quantitative estimate of drug-likeness (QED) is 0.613. The standard InChI is InChI=1S/C17H18BF2N4O/c1-13-21-15(17(19,20)14-5-3-2-4-6-14)11-16(22-13)23-7-9-24(10-8-23)18-12-25/h2-6,11-12H,7-10H2,1H3. The molecular formula is C17H18BF2N4O. The summed E-state index contributed by atoms with van der Waals surface area (Å²) in [5.41, 5.74) is -0.396. The summed E-state index contributed by atoms with van der Waals surface area (Å²) in [5.74, 6) is -2.38. The fourth-order valence-corrected chi connectivity index (χ4v) is 2.86. The number of carbonyl (C=O) groups excluding carboxylic acids is 1. The van der Waals surface area contributed by atoms with Crippen LogP contribution in [-0.4, -0.2) is 54.6 Å². The van der Waals surface area contributed by atoms with E-state index in [1.165, 1.54) is 25.6 Å². The van der Waals surface area contributed by atoms with Gasteiger partial charge in [-0.25, -0.2) is 9.97 Å². The Morgan fingerprint density at radius 1 is 1.12 bits per heavy atom. The Morgan fingerprint density at radius 3 is 2.44 bits per heavy atom. The first-order chi connectivity index (χ1) is 12.0. The number of halogens is 2. The number of rotatable bonds is 5. The summed E-state index contributed by atoms with van der Waals surface area (Å²) < 4.78 is 29.6. The van der Waals surface area contributed by atoms with Crippen molar-refractivity contribution in [2.24, 2.45) is 0 Å². The van der Waals surface area contributed by atoms with Crippen molar-refractivity contribution in [2.45, 2.75) is 12.8 Å². The van der Waals surface area contributed by atoms with E-state index in [9.17, 15) is 13.6 Å². The Morgan fingerprint density at radius 2 is 1.80 bits per heavy atom. The van der Waals surface area contributed by atoms with E-state index >= 15 is 0 Å². The molecule has 1 fully saturated rings. The molecule has 1 aliphatic heterocycles. The zero-order valence-electron chi connectivity index (χ0n) is 13.9. The lowest BCUT2D eigenvalue weighted by Crippen LogP contribution is -2.48. The van der Waals surface area contributed by atoms with Crippen LogP contribution in [-0.2, 0) is 10.7 Å². The van der Waals surface area contributed by atoms with Crippen LogP contribution in [0.1, 0.15) is 17.1 Å². The molecular weight excluding hydrogens is 325 g/mol. The van der Waals surface area contributed by atoms with Crippen LogP contribution in [0.2, 0.25) is 0 Å². The van der Waals surface area contributed by atoms with Crippen LogP contribution >= 0.6 is 0 Å². The maximum absolute atomic E-state index is 14.8. The Bertz CT molecular complexity index is 737. The van der Waals surface area contributed by atoms with Gasteiger partial charge in [-0.3, -0.25) is 0 Å². The average molecular weight is 343 g/mol. The van der Waals surface area contributed by atoms with Crippen molar-refractivity contribution in [3.63, 3.8) is 0 Å². The SMILES string of the molecule is Cc1nc(N2CCN([B]C=O)CC2)cc(C(F)(F)c2ccccc2)n1. The fourth-order valence-electron chi connectivity index (χ4n) is 2.86. The molecule has 0 aliphatic carbocycles. The second kappa shape index (κ2) is 7.27. The van der Waals surface area contributed by atoms with Crippen molar-refractivity contribution < 1.29 is 13.6 Å². The summed E-state index contributed by atoms with van der Waals surface area (Å²) >= 11 is 0. The molecule has 0 atom stereocenters. The van der Waals surface area contributed by atoms with E-state index in [0.717, 1.165) is 6.19 Å². The molecule has 1 saturated heterocycles. The number of benzene rings is 1. The fraction of sp³-hybridized carbons (Fsp3) is 0.353. The highest BCUT2D eigenvalue weighted by Gasteiger charge is 2.36. The minimum Gasteiger partial charge on any atom is -0.354 e. The van der Waals surface area contributed by atoms with Gasteiger partial charge in [-0.15, -0.1) is 0 Å². The molecule has 0 bridgehead atoms. The highest BCUT2D eigenvalue weighted by atomic mass is 19.3. The molecule has 1 aromatic heterocycles. The largest absolute Gasteiger partial charge is 0.354 e. The molecule has 0 N–H and O–H groups in total. The van der Waals surface area contributed by atoms with E-state index in [2.05, 4.69) is 9.97 Å². The average Bonchev–Trinajstić information content (AvgIpc) is 2.63. The third-order valence-corrected chi connectivity index (χ3v) is 4.19. The van der Waals surface area contributed by atoms with E-state index in [1.807, 2.05) is 9.71 Å². The predicted molar refractivity (Wildman–Crippen MR) is 92.5 cm³/mol. The molecule has 1 aliphatic rings. The Balaban J connectivity index is 1.85. The van der Waals surface area contributed by atoms with Crippen molar-refractivity contribution in [3.8, 4) is 0 Å². The number of hydrogen-bond donors (Lipinski definition) is 0. The smallest absolute Gasteiger partial charge is 0.315 e. The summed E-state index contributed by atoms with van der Waals surface area (Å²) in [5, 5.41) is 0. The van der Waals surface area contributed by atoms with Gasteiger partial charge in [0.05, 0.1) is 6.19 Å². The van der Waals surface area contributed by atoms with Crippen molar-refractivity contribution in [1.29, 1.82) is 0 Å². The zero-order valence-corrected chi connectivity index (χ0v) is 13.9. The molecule has 0 spiro atoms. The van der Waals surface area contributed by atoms with Gasteiger partial charge in [0.2, 0.25) is 0 Å².